The van der Waals surface area contributed by atoms with Crippen LogP contribution in [0.25, 0.3) is 0 Å². The molecule has 1 aliphatic heterocycles. The van der Waals surface area contributed by atoms with Gasteiger partial charge in [-0.25, -0.2) is 0 Å². The summed E-state index contributed by atoms with van der Waals surface area (Å²) in [5.74, 6) is -0.860. The first-order chi connectivity index (χ1) is 8.40. The van der Waals surface area contributed by atoms with Gasteiger partial charge >= 0.3 is 5.97 Å². The molecule has 0 aromatic carbocycles. The van der Waals surface area contributed by atoms with Crippen molar-refractivity contribution in [3.05, 3.63) is 0 Å². The van der Waals surface area contributed by atoms with Gasteiger partial charge in [-0.15, -0.1) is 0 Å². The van der Waals surface area contributed by atoms with Gasteiger partial charge in [0.2, 0.25) is 11.8 Å². The van der Waals surface area contributed by atoms with E-state index >= 15 is 0 Å². The van der Waals surface area contributed by atoms with Gasteiger partial charge in [0.15, 0.2) is 0 Å². The zero-order valence-electron chi connectivity index (χ0n) is 10.8. The molecule has 18 heavy (non-hydrogen) atoms. The number of rotatable bonds is 5. The van der Waals surface area contributed by atoms with Crippen LogP contribution >= 0.6 is 0 Å². The minimum Gasteiger partial charge on any atom is -0.481 e. The van der Waals surface area contributed by atoms with Gasteiger partial charge in [-0.1, -0.05) is 0 Å². The number of amides is 2. The molecule has 0 aliphatic carbocycles. The Morgan fingerprint density at radius 2 is 2.11 bits per heavy atom. The Morgan fingerprint density at radius 1 is 1.44 bits per heavy atom. The van der Waals surface area contributed by atoms with Crippen molar-refractivity contribution in [2.45, 2.75) is 39.2 Å². The maximum absolute atomic E-state index is 12.0. The molecule has 0 aromatic rings. The van der Waals surface area contributed by atoms with E-state index < -0.39 is 12.0 Å². The number of carboxylic acids is 1. The molecule has 0 spiro atoms. The summed E-state index contributed by atoms with van der Waals surface area (Å²) >= 11 is 0. The first-order valence-electron chi connectivity index (χ1n) is 6.18. The number of carbonyl (C=O) groups is 3. The highest BCUT2D eigenvalue weighted by molar-refractivity contribution is 5.86. The second-order valence-electron chi connectivity index (χ2n) is 4.79. The number of aliphatic carboxylic acids is 1. The Labute approximate surface area is 106 Å². The fraction of sp³-hybridized carbons (Fsp3) is 0.750. The first kappa shape index (κ1) is 14.5. The molecule has 2 amide bonds. The Morgan fingerprint density at radius 3 is 2.67 bits per heavy atom. The molecule has 6 nitrogen and oxygen atoms in total. The molecule has 2 unspecified atom stereocenters. The summed E-state index contributed by atoms with van der Waals surface area (Å²) in [5.41, 5.74) is 0. The van der Waals surface area contributed by atoms with Crippen molar-refractivity contribution in [3.8, 4) is 0 Å². The van der Waals surface area contributed by atoms with E-state index in [0.29, 0.717) is 19.5 Å². The van der Waals surface area contributed by atoms with Crippen molar-refractivity contribution in [2.24, 2.45) is 5.92 Å². The standard InChI is InChI=1S/C12H20N2O4/c1-8(13-9(2)15)12(18)14-6-5-10(7-14)3-4-11(16)17/h8,10H,3-7H2,1-2H3,(H,13,15)(H,16,17). The summed E-state index contributed by atoms with van der Waals surface area (Å²) in [4.78, 5) is 35.0. The van der Waals surface area contributed by atoms with Crippen molar-refractivity contribution >= 4 is 17.8 Å². The van der Waals surface area contributed by atoms with Gasteiger partial charge in [-0.3, -0.25) is 14.4 Å². The van der Waals surface area contributed by atoms with Crippen molar-refractivity contribution in [2.75, 3.05) is 13.1 Å². The summed E-state index contributed by atoms with van der Waals surface area (Å²) in [5, 5.41) is 11.2. The number of likely N-dealkylation sites (tertiary alicyclic amines) is 1. The summed E-state index contributed by atoms with van der Waals surface area (Å²) in [6, 6.07) is -0.513. The third-order valence-electron chi connectivity index (χ3n) is 3.15. The zero-order valence-corrected chi connectivity index (χ0v) is 10.8. The Bertz CT molecular complexity index is 343. The summed E-state index contributed by atoms with van der Waals surface area (Å²) < 4.78 is 0. The van der Waals surface area contributed by atoms with E-state index in [4.69, 9.17) is 5.11 Å². The highest BCUT2D eigenvalue weighted by Crippen LogP contribution is 2.21. The van der Waals surface area contributed by atoms with Crippen LogP contribution in [0.2, 0.25) is 0 Å². The van der Waals surface area contributed by atoms with Crippen molar-refractivity contribution in [3.63, 3.8) is 0 Å². The topological polar surface area (TPSA) is 86.7 Å². The van der Waals surface area contributed by atoms with E-state index in [1.165, 1.54) is 6.92 Å². The van der Waals surface area contributed by atoms with Crippen LogP contribution in [-0.2, 0) is 14.4 Å². The smallest absolute Gasteiger partial charge is 0.303 e. The Kier molecular flexibility index (Phi) is 5.12. The first-order valence-corrected chi connectivity index (χ1v) is 6.18. The third-order valence-corrected chi connectivity index (χ3v) is 3.15. The fourth-order valence-corrected chi connectivity index (χ4v) is 2.24. The largest absolute Gasteiger partial charge is 0.481 e. The number of hydrogen-bond donors (Lipinski definition) is 2. The minimum absolute atomic E-state index is 0.0944. The van der Waals surface area contributed by atoms with Crippen LogP contribution in [0.4, 0.5) is 0 Å². The molecular weight excluding hydrogens is 236 g/mol. The molecule has 0 radical (unpaired) electrons. The van der Waals surface area contributed by atoms with Gasteiger partial charge in [0, 0.05) is 26.4 Å². The lowest BCUT2D eigenvalue weighted by molar-refractivity contribution is -0.137. The maximum atomic E-state index is 12.0. The lowest BCUT2D eigenvalue weighted by Crippen LogP contribution is -2.45. The van der Waals surface area contributed by atoms with E-state index in [0.717, 1.165) is 6.42 Å². The van der Waals surface area contributed by atoms with Crippen LogP contribution in [-0.4, -0.2) is 46.9 Å². The number of nitrogens with zero attached hydrogens (tertiary/aromatic N) is 1. The Hall–Kier alpha value is -1.59. The number of nitrogens with one attached hydrogen (secondary N) is 1. The lowest BCUT2D eigenvalue weighted by atomic mass is 10.0. The van der Waals surface area contributed by atoms with Gasteiger partial charge in [-0.05, 0) is 25.7 Å². The lowest BCUT2D eigenvalue weighted by Gasteiger charge is -2.21. The second-order valence-corrected chi connectivity index (χ2v) is 4.79. The maximum Gasteiger partial charge on any atom is 0.303 e. The van der Waals surface area contributed by atoms with E-state index in [9.17, 15) is 14.4 Å². The second kappa shape index (κ2) is 6.37. The van der Waals surface area contributed by atoms with Crippen LogP contribution in [0.3, 0.4) is 0 Å². The molecule has 2 N–H and O–H groups in total. The average Bonchev–Trinajstić information content (AvgIpc) is 2.72. The van der Waals surface area contributed by atoms with Crippen LogP contribution in [0.1, 0.15) is 33.1 Å². The molecule has 1 fully saturated rings. The molecule has 1 heterocycles. The SMILES string of the molecule is CC(=O)NC(C)C(=O)N1CCC(CCC(=O)O)C1. The fourth-order valence-electron chi connectivity index (χ4n) is 2.24. The van der Waals surface area contributed by atoms with Gasteiger partial charge in [0.05, 0.1) is 0 Å². The van der Waals surface area contributed by atoms with Gasteiger partial charge in [-0.2, -0.15) is 0 Å². The van der Waals surface area contributed by atoms with Crippen LogP contribution < -0.4 is 5.32 Å². The van der Waals surface area contributed by atoms with Crippen molar-refractivity contribution in [1.29, 1.82) is 0 Å². The summed E-state index contributed by atoms with van der Waals surface area (Å²) in [7, 11) is 0. The molecular formula is C12H20N2O4. The number of carbonyl (C=O) groups excluding carboxylic acids is 2. The molecule has 1 saturated heterocycles. The summed E-state index contributed by atoms with van der Waals surface area (Å²) in [6.45, 7) is 4.28. The van der Waals surface area contributed by atoms with Crippen LogP contribution in [0.15, 0.2) is 0 Å². The molecule has 1 aliphatic rings. The zero-order chi connectivity index (χ0) is 13.7. The van der Waals surface area contributed by atoms with Crippen molar-refractivity contribution < 1.29 is 19.5 Å². The third kappa shape index (κ3) is 4.35. The van der Waals surface area contributed by atoms with Crippen molar-refractivity contribution in [1.82, 2.24) is 10.2 Å². The molecule has 1 rings (SSSR count). The molecule has 0 aromatic heterocycles. The molecule has 0 saturated carbocycles. The monoisotopic (exact) mass is 256 g/mol. The van der Waals surface area contributed by atoms with Crippen LogP contribution in [0.5, 0.6) is 0 Å². The van der Waals surface area contributed by atoms with E-state index in [2.05, 4.69) is 5.32 Å². The summed E-state index contributed by atoms with van der Waals surface area (Å²) in [6.07, 6.45) is 1.59. The quantitative estimate of drug-likeness (QED) is 0.737. The van der Waals surface area contributed by atoms with E-state index in [-0.39, 0.29) is 24.2 Å². The number of hydrogen-bond acceptors (Lipinski definition) is 3. The molecule has 102 valence electrons. The van der Waals surface area contributed by atoms with Gasteiger partial charge < -0.3 is 15.3 Å². The molecule has 0 bridgehead atoms. The van der Waals surface area contributed by atoms with Crippen LogP contribution in [0, 0.1) is 5.92 Å². The van der Waals surface area contributed by atoms with E-state index in [1.54, 1.807) is 11.8 Å². The molecule has 6 heteroatoms. The minimum atomic E-state index is -0.800. The van der Waals surface area contributed by atoms with E-state index in [1.807, 2.05) is 0 Å². The Balaban J connectivity index is 2.38. The molecule has 2 atom stereocenters. The number of carboxylic acid groups (broad SMARTS) is 1. The predicted octanol–water partition coefficient (Wildman–Crippen LogP) is 0.224. The predicted molar refractivity (Wildman–Crippen MR) is 64.8 cm³/mol. The van der Waals surface area contributed by atoms with Gasteiger partial charge in [0.1, 0.15) is 6.04 Å². The average molecular weight is 256 g/mol. The highest BCUT2D eigenvalue weighted by Gasteiger charge is 2.29. The van der Waals surface area contributed by atoms with Gasteiger partial charge in [0.25, 0.3) is 0 Å². The normalized spacial score (nSPS) is 20.6. The highest BCUT2D eigenvalue weighted by atomic mass is 16.4.